The summed E-state index contributed by atoms with van der Waals surface area (Å²) in [5.74, 6) is 0.543. The normalized spacial score (nSPS) is 12.0. The number of rotatable bonds is 2. The van der Waals surface area contributed by atoms with Crippen LogP contribution in [0.25, 0.3) is 5.52 Å². The smallest absolute Gasteiger partial charge is 0.399 e. The van der Waals surface area contributed by atoms with Crippen molar-refractivity contribution in [3.05, 3.63) is 65.7 Å². The largest absolute Gasteiger partial charge is 0.416 e. The second-order valence-corrected chi connectivity index (χ2v) is 4.76. The number of pyridine rings is 1. The topological polar surface area (TPSA) is 43.3 Å². The molecule has 0 bridgehead atoms. The van der Waals surface area contributed by atoms with Crippen LogP contribution in [0, 0.1) is 0 Å². The fourth-order valence-corrected chi connectivity index (χ4v) is 2.32. The van der Waals surface area contributed by atoms with Crippen LogP contribution in [-0.2, 0) is 12.6 Å². The van der Waals surface area contributed by atoms with Crippen molar-refractivity contribution in [2.24, 2.45) is 0 Å². The summed E-state index contributed by atoms with van der Waals surface area (Å²) in [7, 11) is 0. The Morgan fingerprint density at radius 3 is 2.67 bits per heavy atom. The highest BCUT2D eigenvalue weighted by molar-refractivity contribution is 5.56. The van der Waals surface area contributed by atoms with Gasteiger partial charge in [0.15, 0.2) is 0 Å². The van der Waals surface area contributed by atoms with Crippen LogP contribution in [0.2, 0.25) is 0 Å². The summed E-state index contributed by atoms with van der Waals surface area (Å²) < 4.78 is 40.7. The van der Waals surface area contributed by atoms with E-state index in [0.29, 0.717) is 11.5 Å². The lowest BCUT2D eigenvalue weighted by Gasteiger charge is -2.12. The van der Waals surface area contributed by atoms with Gasteiger partial charge in [-0.3, -0.25) is 0 Å². The van der Waals surface area contributed by atoms with Crippen LogP contribution < -0.4 is 5.73 Å². The van der Waals surface area contributed by atoms with Gasteiger partial charge in [-0.2, -0.15) is 13.2 Å². The minimum absolute atomic E-state index is 0.105. The van der Waals surface area contributed by atoms with E-state index in [9.17, 15) is 13.2 Å². The Labute approximate surface area is 118 Å². The summed E-state index contributed by atoms with van der Waals surface area (Å²) in [6, 6.07) is 8.96. The molecule has 2 N–H and O–H groups in total. The lowest BCUT2D eigenvalue weighted by molar-refractivity contribution is -0.138. The molecule has 0 saturated heterocycles. The van der Waals surface area contributed by atoms with Crippen LogP contribution in [0.15, 0.2) is 48.8 Å². The van der Waals surface area contributed by atoms with Gasteiger partial charge < -0.3 is 10.1 Å². The van der Waals surface area contributed by atoms with Crippen molar-refractivity contribution in [1.82, 2.24) is 9.38 Å². The molecule has 0 spiro atoms. The standard InChI is InChI=1S/C15H12F3N3/c16-15(17,18)13-4-2-1-3-10(13)7-14-20-9-12-8-11(19)5-6-21(12)14/h1-6,8-9H,7,19H2. The first-order valence-electron chi connectivity index (χ1n) is 6.32. The molecule has 0 unspecified atom stereocenters. The number of halogens is 3. The summed E-state index contributed by atoms with van der Waals surface area (Å²) in [5, 5.41) is 0. The van der Waals surface area contributed by atoms with Gasteiger partial charge in [-0.05, 0) is 23.8 Å². The molecular formula is C15H12F3N3. The molecule has 21 heavy (non-hydrogen) atoms. The van der Waals surface area contributed by atoms with Gasteiger partial charge in [-0.15, -0.1) is 0 Å². The molecule has 0 aliphatic carbocycles. The fourth-order valence-electron chi connectivity index (χ4n) is 2.32. The van der Waals surface area contributed by atoms with Gasteiger partial charge in [0.05, 0.1) is 17.3 Å². The van der Waals surface area contributed by atoms with E-state index in [4.69, 9.17) is 5.73 Å². The number of aromatic nitrogens is 2. The van der Waals surface area contributed by atoms with Crippen LogP contribution in [0.5, 0.6) is 0 Å². The Bertz CT molecular complexity index is 790. The molecule has 0 aliphatic rings. The number of benzene rings is 1. The maximum absolute atomic E-state index is 13.0. The Morgan fingerprint density at radius 1 is 1.14 bits per heavy atom. The number of anilines is 1. The Morgan fingerprint density at radius 2 is 1.90 bits per heavy atom. The molecule has 0 saturated carbocycles. The zero-order valence-electron chi connectivity index (χ0n) is 10.9. The number of imidazole rings is 1. The van der Waals surface area contributed by atoms with Gasteiger partial charge in [-0.25, -0.2) is 4.98 Å². The van der Waals surface area contributed by atoms with Crippen molar-refractivity contribution >= 4 is 11.2 Å². The number of nitrogens with zero attached hydrogens (tertiary/aromatic N) is 2. The molecule has 108 valence electrons. The van der Waals surface area contributed by atoms with Gasteiger partial charge in [-0.1, -0.05) is 18.2 Å². The van der Waals surface area contributed by atoms with Crippen molar-refractivity contribution < 1.29 is 13.2 Å². The van der Waals surface area contributed by atoms with Crippen molar-refractivity contribution in [3.63, 3.8) is 0 Å². The maximum Gasteiger partial charge on any atom is 0.416 e. The second-order valence-electron chi connectivity index (χ2n) is 4.76. The summed E-state index contributed by atoms with van der Waals surface area (Å²) in [6.45, 7) is 0. The molecule has 0 fully saturated rings. The minimum Gasteiger partial charge on any atom is -0.399 e. The molecule has 1 aromatic carbocycles. The van der Waals surface area contributed by atoms with E-state index < -0.39 is 11.7 Å². The van der Waals surface area contributed by atoms with Crippen molar-refractivity contribution in [2.45, 2.75) is 12.6 Å². The lowest BCUT2D eigenvalue weighted by atomic mass is 10.0. The molecule has 6 heteroatoms. The third-order valence-electron chi connectivity index (χ3n) is 3.30. The third-order valence-corrected chi connectivity index (χ3v) is 3.30. The summed E-state index contributed by atoms with van der Waals surface area (Å²) >= 11 is 0. The molecular weight excluding hydrogens is 279 g/mol. The third kappa shape index (κ3) is 2.56. The molecule has 2 aromatic heterocycles. The number of hydrogen-bond acceptors (Lipinski definition) is 2. The molecule has 0 aliphatic heterocycles. The van der Waals surface area contributed by atoms with Crippen LogP contribution in [0.1, 0.15) is 17.0 Å². The van der Waals surface area contributed by atoms with E-state index in [1.165, 1.54) is 12.1 Å². The van der Waals surface area contributed by atoms with Crippen LogP contribution in [0.3, 0.4) is 0 Å². The van der Waals surface area contributed by atoms with Gasteiger partial charge in [0.2, 0.25) is 0 Å². The number of hydrogen-bond donors (Lipinski definition) is 1. The van der Waals surface area contributed by atoms with Gasteiger partial charge in [0.1, 0.15) is 5.82 Å². The Balaban J connectivity index is 2.04. The van der Waals surface area contributed by atoms with E-state index in [0.717, 1.165) is 11.6 Å². The molecule has 3 rings (SSSR count). The lowest BCUT2D eigenvalue weighted by Crippen LogP contribution is -2.10. The maximum atomic E-state index is 13.0. The highest BCUT2D eigenvalue weighted by Gasteiger charge is 2.33. The Kier molecular flexibility index (Phi) is 3.08. The number of nitrogens with two attached hydrogens (primary N) is 1. The Hall–Kier alpha value is -2.50. The molecule has 2 heterocycles. The molecule has 0 atom stereocenters. The zero-order chi connectivity index (χ0) is 15.0. The summed E-state index contributed by atoms with van der Waals surface area (Å²) in [4.78, 5) is 4.19. The van der Waals surface area contributed by atoms with Crippen molar-refractivity contribution in [2.75, 3.05) is 5.73 Å². The molecule has 0 radical (unpaired) electrons. The highest BCUT2D eigenvalue weighted by atomic mass is 19.4. The average molecular weight is 291 g/mol. The molecule has 3 nitrogen and oxygen atoms in total. The van der Waals surface area contributed by atoms with E-state index in [-0.39, 0.29) is 12.0 Å². The monoisotopic (exact) mass is 291 g/mol. The minimum atomic E-state index is -4.37. The van der Waals surface area contributed by atoms with Crippen molar-refractivity contribution in [1.29, 1.82) is 0 Å². The first-order chi connectivity index (χ1) is 9.95. The van der Waals surface area contributed by atoms with Crippen LogP contribution in [0.4, 0.5) is 18.9 Å². The number of alkyl halides is 3. The first-order valence-corrected chi connectivity index (χ1v) is 6.32. The average Bonchev–Trinajstić information content (AvgIpc) is 2.80. The zero-order valence-corrected chi connectivity index (χ0v) is 10.9. The first kappa shape index (κ1) is 13.5. The van der Waals surface area contributed by atoms with Crippen LogP contribution >= 0.6 is 0 Å². The second kappa shape index (κ2) is 4.80. The van der Waals surface area contributed by atoms with E-state index >= 15 is 0 Å². The fraction of sp³-hybridized carbons (Fsp3) is 0.133. The number of fused-ring (bicyclic) bond motifs is 1. The predicted molar refractivity (Wildman–Crippen MR) is 73.9 cm³/mol. The summed E-state index contributed by atoms with van der Waals surface area (Å²) in [5.41, 5.74) is 6.60. The number of nitrogen functional groups attached to an aromatic ring is 1. The van der Waals surface area contributed by atoms with Gasteiger partial charge in [0, 0.05) is 18.3 Å². The summed E-state index contributed by atoms with van der Waals surface area (Å²) in [6.07, 6.45) is -0.951. The highest BCUT2D eigenvalue weighted by Crippen LogP contribution is 2.32. The van der Waals surface area contributed by atoms with E-state index in [1.54, 1.807) is 35.0 Å². The molecule has 3 aromatic rings. The quantitative estimate of drug-likeness (QED) is 0.785. The van der Waals surface area contributed by atoms with E-state index in [2.05, 4.69) is 4.98 Å². The van der Waals surface area contributed by atoms with Crippen LogP contribution in [-0.4, -0.2) is 9.38 Å². The molecule has 0 amide bonds. The SMILES string of the molecule is Nc1ccn2c(Cc3ccccc3C(F)(F)F)ncc2c1. The van der Waals surface area contributed by atoms with E-state index in [1.807, 2.05) is 0 Å². The predicted octanol–water partition coefficient (Wildman–Crippen LogP) is 3.53. The van der Waals surface area contributed by atoms with Gasteiger partial charge >= 0.3 is 6.18 Å². The van der Waals surface area contributed by atoms with Crippen molar-refractivity contribution in [3.8, 4) is 0 Å². The van der Waals surface area contributed by atoms with Gasteiger partial charge in [0.25, 0.3) is 0 Å².